The molecule has 1 rings (SSSR count). The molecular weight excluding hydrogens is 253 g/mol. The number of aliphatic hydroxyl groups excluding tert-OH is 1. The Bertz CT molecular complexity index is 371. The minimum atomic E-state index is -1.23. The van der Waals surface area contributed by atoms with Gasteiger partial charge in [0.05, 0.1) is 12.3 Å². The van der Waals surface area contributed by atoms with Crippen molar-refractivity contribution in [2.24, 2.45) is 0 Å². The highest BCUT2D eigenvalue weighted by atomic mass is 35.5. The molecule has 6 heteroatoms. The third-order valence-electron chi connectivity index (χ3n) is 1.95. The van der Waals surface area contributed by atoms with Crippen LogP contribution >= 0.6 is 23.2 Å². The molecule has 0 saturated carbocycles. The van der Waals surface area contributed by atoms with Gasteiger partial charge in [-0.1, -0.05) is 35.3 Å². The Morgan fingerprint density at radius 1 is 1.38 bits per heavy atom. The number of rotatable bonds is 4. The van der Waals surface area contributed by atoms with Crippen LogP contribution in [-0.4, -0.2) is 34.1 Å². The lowest BCUT2D eigenvalue weighted by Gasteiger charge is -2.23. The van der Waals surface area contributed by atoms with E-state index in [1.807, 2.05) is 0 Å². The summed E-state index contributed by atoms with van der Waals surface area (Å²) in [4.78, 5) is 11.5. The number of anilines is 1. The maximum absolute atomic E-state index is 11.6. The van der Waals surface area contributed by atoms with E-state index in [9.17, 15) is 9.90 Å². The number of amides is 1. The van der Waals surface area contributed by atoms with Gasteiger partial charge in [0, 0.05) is 6.54 Å². The summed E-state index contributed by atoms with van der Waals surface area (Å²) in [5, 5.41) is 18.4. The number of phenolic OH excluding ortho intramolecular Hbond substituents is 1. The van der Waals surface area contributed by atoms with Gasteiger partial charge in [-0.15, -0.1) is 0 Å². The van der Waals surface area contributed by atoms with Crippen molar-refractivity contribution in [3.05, 3.63) is 24.3 Å². The number of benzene rings is 1. The van der Waals surface area contributed by atoms with Gasteiger partial charge in [-0.05, 0) is 12.1 Å². The summed E-state index contributed by atoms with van der Waals surface area (Å²) in [5.41, 5.74) is 0.271. The van der Waals surface area contributed by atoms with E-state index in [0.717, 1.165) is 4.90 Å². The van der Waals surface area contributed by atoms with Crippen molar-refractivity contribution in [3.63, 3.8) is 0 Å². The maximum Gasteiger partial charge on any atom is 0.260 e. The number of para-hydroxylation sites is 2. The Balaban J connectivity index is 3.03. The number of carbonyl (C=O) groups is 1. The van der Waals surface area contributed by atoms with Crippen molar-refractivity contribution in [1.82, 2.24) is 0 Å². The average molecular weight is 264 g/mol. The van der Waals surface area contributed by atoms with E-state index in [2.05, 4.69) is 0 Å². The molecule has 0 fully saturated rings. The van der Waals surface area contributed by atoms with Crippen LogP contribution in [-0.2, 0) is 4.79 Å². The molecule has 0 saturated heterocycles. The molecule has 0 unspecified atom stereocenters. The van der Waals surface area contributed by atoms with Gasteiger partial charge in [-0.2, -0.15) is 0 Å². The highest BCUT2D eigenvalue weighted by molar-refractivity contribution is 6.54. The van der Waals surface area contributed by atoms with E-state index in [0.29, 0.717) is 0 Å². The average Bonchev–Trinajstić information content (AvgIpc) is 2.26. The number of carbonyl (C=O) groups excluding carboxylic acids is 1. The predicted octanol–water partition coefficient (Wildman–Crippen LogP) is 1.52. The van der Waals surface area contributed by atoms with Crippen molar-refractivity contribution in [2.75, 3.05) is 18.1 Å². The lowest BCUT2D eigenvalue weighted by Crippen LogP contribution is -2.37. The quantitative estimate of drug-likeness (QED) is 0.810. The SMILES string of the molecule is O=C(C(Cl)Cl)N(CCO)c1ccccc1O. The van der Waals surface area contributed by atoms with E-state index in [1.165, 1.54) is 6.07 Å². The molecule has 0 heterocycles. The van der Waals surface area contributed by atoms with Crippen LogP contribution in [0, 0.1) is 0 Å². The normalized spacial score (nSPS) is 10.5. The van der Waals surface area contributed by atoms with Crippen LogP contribution in [0.5, 0.6) is 5.75 Å². The Morgan fingerprint density at radius 2 is 2.00 bits per heavy atom. The third-order valence-corrected chi connectivity index (χ3v) is 2.32. The smallest absolute Gasteiger partial charge is 0.260 e. The van der Waals surface area contributed by atoms with Gasteiger partial charge in [-0.25, -0.2) is 0 Å². The Hall–Kier alpha value is -0.970. The first-order valence-electron chi connectivity index (χ1n) is 4.56. The molecule has 0 aliphatic heterocycles. The third kappa shape index (κ3) is 3.01. The second-order valence-electron chi connectivity index (χ2n) is 3.00. The summed E-state index contributed by atoms with van der Waals surface area (Å²) in [6.07, 6.45) is 0. The number of phenols is 1. The minimum Gasteiger partial charge on any atom is -0.506 e. The highest BCUT2D eigenvalue weighted by Gasteiger charge is 2.23. The van der Waals surface area contributed by atoms with Crippen LogP contribution in [0.1, 0.15) is 0 Å². The number of nitrogens with zero attached hydrogens (tertiary/aromatic N) is 1. The lowest BCUT2D eigenvalue weighted by atomic mass is 10.2. The first-order chi connectivity index (χ1) is 7.57. The second-order valence-corrected chi connectivity index (χ2v) is 4.10. The standard InChI is InChI=1S/C10H11Cl2NO3/c11-9(12)10(16)13(5-6-14)7-3-1-2-4-8(7)15/h1-4,9,14-15H,5-6H2. The molecule has 2 N–H and O–H groups in total. The van der Waals surface area contributed by atoms with Gasteiger partial charge >= 0.3 is 0 Å². The molecule has 0 bridgehead atoms. The fourth-order valence-electron chi connectivity index (χ4n) is 1.26. The maximum atomic E-state index is 11.6. The van der Waals surface area contributed by atoms with Crippen LogP contribution in [0.3, 0.4) is 0 Å². The van der Waals surface area contributed by atoms with Crippen molar-refractivity contribution >= 4 is 34.8 Å². The summed E-state index contributed by atoms with van der Waals surface area (Å²) in [5.74, 6) is -0.655. The van der Waals surface area contributed by atoms with Gasteiger partial charge in [0.15, 0.2) is 4.84 Å². The van der Waals surface area contributed by atoms with Crippen molar-refractivity contribution in [1.29, 1.82) is 0 Å². The molecule has 4 nitrogen and oxygen atoms in total. The van der Waals surface area contributed by atoms with Crippen LogP contribution in [0.4, 0.5) is 5.69 Å². The van der Waals surface area contributed by atoms with Gasteiger partial charge in [0.1, 0.15) is 5.75 Å². The Morgan fingerprint density at radius 3 is 2.50 bits per heavy atom. The topological polar surface area (TPSA) is 60.8 Å². The monoisotopic (exact) mass is 263 g/mol. The van der Waals surface area contributed by atoms with E-state index in [4.69, 9.17) is 28.3 Å². The number of aromatic hydroxyl groups is 1. The van der Waals surface area contributed by atoms with E-state index < -0.39 is 10.7 Å². The van der Waals surface area contributed by atoms with Crippen LogP contribution < -0.4 is 4.90 Å². The fraction of sp³-hybridized carbons (Fsp3) is 0.300. The van der Waals surface area contributed by atoms with Crippen LogP contribution in [0.25, 0.3) is 0 Å². The molecule has 0 radical (unpaired) electrons. The van der Waals surface area contributed by atoms with Crippen molar-refractivity contribution in [3.8, 4) is 5.75 Å². The zero-order valence-corrected chi connectivity index (χ0v) is 9.82. The summed E-state index contributed by atoms with van der Waals surface area (Å²) >= 11 is 10.9. The zero-order valence-electron chi connectivity index (χ0n) is 8.31. The number of halogens is 2. The molecule has 1 amide bonds. The van der Waals surface area contributed by atoms with Gasteiger partial charge in [0.25, 0.3) is 5.91 Å². The molecule has 0 aliphatic carbocycles. The van der Waals surface area contributed by atoms with E-state index in [-0.39, 0.29) is 24.6 Å². The van der Waals surface area contributed by atoms with Crippen molar-refractivity contribution < 1.29 is 15.0 Å². The minimum absolute atomic E-state index is 0.0202. The molecule has 0 aromatic heterocycles. The molecule has 1 aromatic rings. The van der Waals surface area contributed by atoms with Crippen LogP contribution in [0.2, 0.25) is 0 Å². The van der Waals surface area contributed by atoms with Crippen molar-refractivity contribution in [2.45, 2.75) is 4.84 Å². The number of hydrogen-bond donors (Lipinski definition) is 2. The number of alkyl halides is 2. The first kappa shape index (κ1) is 13.1. The largest absolute Gasteiger partial charge is 0.506 e. The molecule has 0 spiro atoms. The van der Waals surface area contributed by atoms with Gasteiger partial charge in [0.2, 0.25) is 0 Å². The summed E-state index contributed by atoms with van der Waals surface area (Å²) < 4.78 is 0. The van der Waals surface area contributed by atoms with Gasteiger partial charge in [-0.3, -0.25) is 4.79 Å². The summed E-state index contributed by atoms with van der Waals surface area (Å²) in [6.45, 7) is -0.229. The fourth-order valence-corrected chi connectivity index (χ4v) is 1.50. The zero-order chi connectivity index (χ0) is 12.1. The second kappa shape index (κ2) is 5.94. The first-order valence-corrected chi connectivity index (χ1v) is 5.43. The number of hydrogen-bond acceptors (Lipinski definition) is 3. The Labute approximate surface area is 103 Å². The Kier molecular flexibility index (Phi) is 4.86. The molecule has 0 aliphatic rings. The van der Waals surface area contributed by atoms with E-state index in [1.54, 1.807) is 18.2 Å². The predicted molar refractivity (Wildman–Crippen MR) is 63.0 cm³/mol. The molecule has 0 atom stereocenters. The molecule has 16 heavy (non-hydrogen) atoms. The number of aliphatic hydroxyl groups is 1. The summed E-state index contributed by atoms with van der Waals surface area (Å²) in [7, 11) is 0. The van der Waals surface area contributed by atoms with Gasteiger partial charge < -0.3 is 15.1 Å². The highest BCUT2D eigenvalue weighted by Crippen LogP contribution is 2.27. The molecule has 88 valence electrons. The molecule has 1 aromatic carbocycles. The lowest BCUT2D eigenvalue weighted by molar-refractivity contribution is -0.117. The van der Waals surface area contributed by atoms with Crippen LogP contribution in [0.15, 0.2) is 24.3 Å². The summed E-state index contributed by atoms with van der Waals surface area (Å²) in [6, 6.07) is 6.26. The molecular formula is C10H11Cl2NO3. The van der Waals surface area contributed by atoms with E-state index >= 15 is 0 Å².